The van der Waals surface area contributed by atoms with Crippen molar-refractivity contribution in [3.05, 3.63) is 90.0 Å². The predicted octanol–water partition coefficient (Wildman–Crippen LogP) is 5.23. The number of benzene rings is 3. The number of amides is 2. The van der Waals surface area contributed by atoms with Crippen molar-refractivity contribution >= 4 is 23.2 Å². The van der Waals surface area contributed by atoms with E-state index in [1.165, 1.54) is 0 Å². The van der Waals surface area contributed by atoms with Crippen molar-refractivity contribution in [2.24, 2.45) is 5.92 Å². The Kier molecular flexibility index (Phi) is 6.63. The zero-order valence-electron chi connectivity index (χ0n) is 16.5. The summed E-state index contributed by atoms with van der Waals surface area (Å²) in [5, 5.41) is 5.68. The van der Waals surface area contributed by atoms with Gasteiger partial charge in [0.05, 0.1) is 23.4 Å². The Morgan fingerprint density at radius 3 is 2.07 bits per heavy atom. The van der Waals surface area contributed by atoms with Gasteiger partial charge in [-0.25, -0.2) is 0 Å². The third kappa shape index (κ3) is 5.45. The smallest absolute Gasteiger partial charge is 0.259 e. The standard InChI is InChI=1S/C24H24N2O3/c1-17(2)16-29-22-15-9-7-13-20(22)24(28)26-21-14-8-6-12-19(21)23(27)25-18-10-4-3-5-11-18/h3-15,17H,16H2,1-2H3,(H,25,27)(H,26,28). The summed E-state index contributed by atoms with van der Waals surface area (Å²) in [7, 11) is 0. The molecule has 0 bridgehead atoms. The fourth-order valence-corrected chi connectivity index (χ4v) is 2.74. The van der Waals surface area contributed by atoms with E-state index in [0.29, 0.717) is 40.8 Å². The summed E-state index contributed by atoms with van der Waals surface area (Å²) in [4.78, 5) is 25.6. The number of anilines is 2. The topological polar surface area (TPSA) is 67.4 Å². The minimum Gasteiger partial charge on any atom is -0.492 e. The molecule has 0 aliphatic carbocycles. The first-order chi connectivity index (χ1) is 14.0. The molecule has 0 spiro atoms. The van der Waals surface area contributed by atoms with Crippen molar-refractivity contribution < 1.29 is 14.3 Å². The van der Waals surface area contributed by atoms with Crippen LogP contribution in [0.15, 0.2) is 78.9 Å². The maximum absolute atomic E-state index is 12.9. The largest absolute Gasteiger partial charge is 0.492 e. The van der Waals surface area contributed by atoms with Crippen LogP contribution in [0.1, 0.15) is 34.6 Å². The highest BCUT2D eigenvalue weighted by Crippen LogP contribution is 2.23. The van der Waals surface area contributed by atoms with E-state index in [9.17, 15) is 9.59 Å². The minimum absolute atomic E-state index is 0.295. The van der Waals surface area contributed by atoms with Crippen LogP contribution < -0.4 is 15.4 Å². The molecule has 0 aliphatic heterocycles. The van der Waals surface area contributed by atoms with Gasteiger partial charge < -0.3 is 15.4 Å². The number of rotatable bonds is 7. The number of hydrogen-bond donors (Lipinski definition) is 2. The molecule has 5 nitrogen and oxygen atoms in total. The van der Waals surface area contributed by atoms with E-state index in [2.05, 4.69) is 10.6 Å². The van der Waals surface area contributed by atoms with Crippen LogP contribution in [0.4, 0.5) is 11.4 Å². The van der Waals surface area contributed by atoms with Crippen LogP contribution in [0.25, 0.3) is 0 Å². The molecule has 3 aromatic rings. The van der Waals surface area contributed by atoms with E-state index >= 15 is 0 Å². The molecule has 5 heteroatoms. The molecule has 0 radical (unpaired) electrons. The monoisotopic (exact) mass is 388 g/mol. The minimum atomic E-state index is -0.329. The maximum atomic E-state index is 12.9. The highest BCUT2D eigenvalue weighted by molar-refractivity contribution is 6.13. The van der Waals surface area contributed by atoms with Crippen molar-refractivity contribution in [1.29, 1.82) is 0 Å². The van der Waals surface area contributed by atoms with Gasteiger partial charge in [-0.15, -0.1) is 0 Å². The highest BCUT2D eigenvalue weighted by Gasteiger charge is 2.17. The molecule has 0 heterocycles. The van der Waals surface area contributed by atoms with Gasteiger partial charge in [0.25, 0.3) is 11.8 Å². The van der Waals surface area contributed by atoms with Gasteiger partial charge in [-0.3, -0.25) is 9.59 Å². The van der Waals surface area contributed by atoms with Crippen LogP contribution in [0.2, 0.25) is 0 Å². The number of para-hydroxylation sites is 3. The molecule has 0 saturated heterocycles. The van der Waals surface area contributed by atoms with Crippen molar-refractivity contribution in [2.75, 3.05) is 17.2 Å². The summed E-state index contributed by atoms with van der Waals surface area (Å²) < 4.78 is 5.77. The molecule has 0 unspecified atom stereocenters. The normalized spacial score (nSPS) is 10.4. The molecule has 0 saturated carbocycles. The van der Waals surface area contributed by atoms with E-state index in [1.807, 2.05) is 38.1 Å². The Morgan fingerprint density at radius 2 is 1.34 bits per heavy atom. The van der Waals surface area contributed by atoms with Crippen molar-refractivity contribution in [3.63, 3.8) is 0 Å². The van der Waals surface area contributed by atoms with Crippen molar-refractivity contribution in [3.8, 4) is 5.75 Å². The molecule has 0 atom stereocenters. The summed E-state index contributed by atoms with van der Waals surface area (Å²) >= 11 is 0. The van der Waals surface area contributed by atoms with Crippen LogP contribution in [-0.4, -0.2) is 18.4 Å². The lowest BCUT2D eigenvalue weighted by Crippen LogP contribution is -2.19. The first-order valence-corrected chi connectivity index (χ1v) is 9.53. The van der Waals surface area contributed by atoms with Crippen LogP contribution in [-0.2, 0) is 0 Å². The van der Waals surface area contributed by atoms with Crippen LogP contribution in [0.5, 0.6) is 5.75 Å². The fraction of sp³-hybridized carbons (Fsp3) is 0.167. The van der Waals surface area contributed by atoms with Crippen molar-refractivity contribution in [2.45, 2.75) is 13.8 Å². The quantitative estimate of drug-likeness (QED) is 0.583. The Labute approximate surface area is 170 Å². The van der Waals surface area contributed by atoms with Crippen LogP contribution >= 0.6 is 0 Å². The van der Waals surface area contributed by atoms with Gasteiger partial charge in [0.15, 0.2) is 0 Å². The molecule has 0 aromatic heterocycles. The SMILES string of the molecule is CC(C)COc1ccccc1C(=O)Nc1ccccc1C(=O)Nc1ccccc1. The van der Waals surface area contributed by atoms with E-state index in [4.69, 9.17) is 4.74 Å². The number of nitrogens with one attached hydrogen (secondary N) is 2. The van der Waals surface area contributed by atoms with Crippen LogP contribution in [0.3, 0.4) is 0 Å². The second kappa shape index (κ2) is 9.55. The van der Waals surface area contributed by atoms with Crippen molar-refractivity contribution in [1.82, 2.24) is 0 Å². The summed E-state index contributed by atoms with van der Waals surface area (Å²) in [6, 6.07) is 23.2. The summed E-state index contributed by atoms with van der Waals surface area (Å²) in [5.41, 5.74) is 1.92. The first kappa shape index (κ1) is 20.1. The molecule has 2 N–H and O–H groups in total. The van der Waals surface area contributed by atoms with E-state index in [1.54, 1.807) is 54.6 Å². The lowest BCUT2D eigenvalue weighted by molar-refractivity contribution is 0.102. The van der Waals surface area contributed by atoms with Gasteiger partial charge in [-0.05, 0) is 42.3 Å². The molecule has 29 heavy (non-hydrogen) atoms. The number of hydrogen-bond acceptors (Lipinski definition) is 3. The number of carbonyl (C=O) groups is 2. The van der Waals surface area contributed by atoms with Gasteiger partial charge in [-0.2, -0.15) is 0 Å². The third-order valence-electron chi connectivity index (χ3n) is 4.16. The second-order valence-corrected chi connectivity index (χ2v) is 7.02. The number of carbonyl (C=O) groups excluding carboxylic acids is 2. The average molecular weight is 388 g/mol. The summed E-state index contributed by atoms with van der Waals surface area (Å²) in [5.74, 6) is 0.235. The molecule has 3 aromatic carbocycles. The van der Waals surface area contributed by atoms with E-state index in [-0.39, 0.29) is 11.8 Å². The fourth-order valence-electron chi connectivity index (χ4n) is 2.74. The lowest BCUT2D eigenvalue weighted by atomic mass is 10.1. The number of ether oxygens (including phenoxy) is 1. The van der Waals surface area contributed by atoms with Gasteiger partial charge in [0.2, 0.25) is 0 Å². The van der Waals surface area contributed by atoms with Gasteiger partial charge >= 0.3 is 0 Å². The van der Waals surface area contributed by atoms with Crippen LogP contribution in [0, 0.1) is 5.92 Å². The van der Waals surface area contributed by atoms with E-state index in [0.717, 1.165) is 0 Å². The van der Waals surface area contributed by atoms with Gasteiger partial charge in [0.1, 0.15) is 5.75 Å². The molecule has 2 amide bonds. The molecular weight excluding hydrogens is 364 g/mol. The molecular formula is C24H24N2O3. The Morgan fingerprint density at radius 1 is 0.759 bits per heavy atom. The van der Waals surface area contributed by atoms with Gasteiger partial charge in [-0.1, -0.05) is 56.3 Å². The van der Waals surface area contributed by atoms with E-state index < -0.39 is 0 Å². The lowest BCUT2D eigenvalue weighted by Gasteiger charge is -2.15. The second-order valence-electron chi connectivity index (χ2n) is 7.02. The Hall–Kier alpha value is -3.60. The summed E-state index contributed by atoms with van der Waals surface area (Å²) in [6.07, 6.45) is 0. The molecule has 0 aliphatic rings. The predicted molar refractivity (Wildman–Crippen MR) is 116 cm³/mol. The maximum Gasteiger partial charge on any atom is 0.259 e. The molecule has 0 fully saturated rings. The third-order valence-corrected chi connectivity index (χ3v) is 4.16. The Balaban J connectivity index is 1.79. The highest BCUT2D eigenvalue weighted by atomic mass is 16.5. The molecule has 148 valence electrons. The summed E-state index contributed by atoms with van der Waals surface area (Å²) in [6.45, 7) is 4.61. The molecule has 3 rings (SSSR count). The first-order valence-electron chi connectivity index (χ1n) is 9.53. The zero-order valence-corrected chi connectivity index (χ0v) is 16.5. The van der Waals surface area contributed by atoms with Gasteiger partial charge in [0, 0.05) is 5.69 Å². The Bertz CT molecular complexity index is 984. The zero-order chi connectivity index (χ0) is 20.6. The average Bonchev–Trinajstić information content (AvgIpc) is 2.73.